The number of para-hydroxylation sites is 1. The van der Waals surface area contributed by atoms with E-state index in [0.717, 1.165) is 27.8 Å². The number of carbonyl (C=O) groups excluding carboxylic acids is 1. The number of benzene rings is 3. The number of hydrogen-bond acceptors (Lipinski definition) is 7. The highest BCUT2D eigenvalue weighted by atomic mass is 32.2. The lowest BCUT2D eigenvalue weighted by atomic mass is 10.2. The molecule has 38 heavy (non-hydrogen) atoms. The van der Waals surface area contributed by atoms with E-state index in [1.807, 2.05) is 43.3 Å². The van der Waals surface area contributed by atoms with Crippen LogP contribution < -0.4 is 10.3 Å². The first-order chi connectivity index (χ1) is 18.3. The van der Waals surface area contributed by atoms with Crippen LogP contribution in [0.25, 0.3) is 22.7 Å². The number of carbonyl (C=O) groups is 2. The van der Waals surface area contributed by atoms with Gasteiger partial charge in [0.05, 0.1) is 21.5 Å². The van der Waals surface area contributed by atoms with Crippen molar-refractivity contribution in [3.8, 4) is 11.4 Å². The van der Waals surface area contributed by atoms with Gasteiger partial charge < -0.3 is 9.84 Å². The topological polar surface area (TPSA) is 102 Å². The van der Waals surface area contributed by atoms with Gasteiger partial charge in [-0.1, -0.05) is 60.4 Å². The first-order valence-corrected chi connectivity index (χ1v) is 12.8. The summed E-state index contributed by atoms with van der Waals surface area (Å²) in [6.45, 7) is 1.55. The van der Waals surface area contributed by atoms with Gasteiger partial charge in [-0.2, -0.15) is 0 Å². The number of carboxylic acids is 1. The Morgan fingerprint density at radius 1 is 1.08 bits per heavy atom. The lowest BCUT2D eigenvalue weighted by Gasteiger charge is -2.15. The molecular weight excluding hydrogens is 522 g/mol. The molecule has 0 unspecified atom stereocenters. The third kappa shape index (κ3) is 5.22. The summed E-state index contributed by atoms with van der Waals surface area (Å²) in [4.78, 5) is 43.0. The molecule has 10 heteroatoms. The lowest BCUT2D eigenvalue weighted by molar-refractivity contribution is -0.140. The highest BCUT2D eigenvalue weighted by molar-refractivity contribution is 8.26. The van der Waals surface area contributed by atoms with Gasteiger partial charge in [-0.05, 0) is 60.5 Å². The largest absolute Gasteiger partial charge is 0.486 e. The van der Waals surface area contributed by atoms with Gasteiger partial charge in [0.2, 0.25) is 0 Å². The number of aromatic nitrogens is 2. The first kappa shape index (κ1) is 25.4. The summed E-state index contributed by atoms with van der Waals surface area (Å²) in [7, 11) is 0. The summed E-state index contributed by atoms with van der Waals surface area (Å²) in [5.41, 5.74) is 2.88. The molecule has 1 amide bonds. The van der Waals surface area contributed by atoms with Crippen LogP contribution in [0.15, 0.2) is 82.5 Å². The number of rotatable bonds is 7. The zero-order valence-corrected chi connectivity index (χ0v) is 21.8. The van der Waals surface area contributed by atoms with E-state index < -0.39 is 18.4 Å². The van der Waals surface area contributed by atoms with Crippen molar-refractivity contribution in [2.75, 3.05) is 6.54 Å². The number of fused-ring (bicyclic) bond motifs is 1. The summed E-state index contributed by atoms with van der Waals surface area (Å²) in [6, 6.07) is 21.9. The minimum absolute atomic E-state index is 0.0568. The fraction of sp³-hybridized carbons (Fsp3) is 0.107. The van der Waals surface area contributed by atoms with Gasteiger partial charge >= 0.3 is 5.97 Å². The summed E-state index contributed by atoms with van der Waals surface area (Å²) in [6.07, 6.45) is 1.66. The minimum Gasteiger partial charge on any atom is -0.486 e. The number of hydrogen-bond donors (Lipinski definition) is 1. The van der Waals surface area contributed by atoms with Gasteiger partial charge in [-0.25, -0.2) is 4.98 Å². The van der Waals surface area contributed by atoms with E-state index in [0.29, 0.717) is 33.1 Å². The molecular formula is C28H21N3O5S2. The first-order valence-electron chi connectivity index (χ1n) is 11.6. The Morgan fingerprint density at radius 3 is 2.58 bits per heavy atom. The zero-order valence-electron chi connectivity index (χ0n) is 20.2. The number of amides is 1. The maximum Gasteiger partial charge on any atom is 0.323 e. The molecule has 1 N–H and O–H groups in total. The number of ether oxygens (including phenoxy) is 1. The molecule has 5 rings (SSSR count). The lowest BCUT2D eigenvalue weighted by Crippen LogP contribution is -2.33. The van der Waals surface area contributed by atoms with Crippen LogP contribution in [0.2, 0.25) is 0 Å². The monoisotopic (exact) mass is 543 g/mol. The molecule has 1 aliphatic rings. The molecule has 0 saturated carbocycles. The Labute approximate surface area is 227 Å². The molecule has 190 valence electrons. The molecule has 0 bridgehead atoms. The Kier molecular flexibility index (Phi) is 7.08. The van der Waals surface area contributed by atoms with E-state index in [2.05, 4.69) is 0 Å². The smallest absolute Gasteiger partial charge is 0.323 e. The Morgan fingerprint density at radius 2 is 1.84 bits per heavy atom. The predicted octanol–water partition coefficient (Wildman–Crippen LogP) is 4.56. The molecule has 0 atom stereocenters. The van der Waals surface area contributed by atoms with E-state index in [1.54, 1.807) is 47.0 Å². The average Bonchev–Trinajstić information content (AvgIpc) is 3.15. The number of thiocarbonyl (C=S) groups is 1. The van der Waals surface area contributed by atoms with Crippen LogP contribution in [0.1, 0.15) is 17.0 Å². The fourth-order valence-corrected chi connectivity index (χ4v) is 5.30. The van der Waals surface area contributed by atoms with Crippen molar-refractivity contribution in [1.82, 2.24) is 14.5 Å². The van der Waals surface area contributed by atoms with Crippen LogP contribution in [0.3, 0.4) is 0 Å². The quantitative estimate of drug-likeness (QED) is 0.267. The van der Waals surface area contributed by atoms with Crippen LogP contribution in [0.4, 0.5) is 0 Å². The second-order valence-corrected chi connectivity index (χ2v) is 10.2. The third-order valence-corrected chi connectivity index (χ3v) is 7.20. The second kappa shape index (κ2) is 10.6. The summed E-state index contributed by atoms with van der Waals surface area (Å²) >= 11 is 6.20. The van der Waals surface area contributed by atoms with Crippen molar-refractivity contribution >= 4 is 57.2 Å². The van der Waals surface area contributed by atoms with Crippen LogP contribution in [-0.2, 0) is 16.2 Å². The van der Waals surface area contributed by atoms with Gasteiger partial charge in [-0.15, -0.1) is 0 Å². The van der Waals surface area contributed by atoms with E-state index >= 15 is 0 Å². The van der Waals surface area contributed by atoms with Crippen molar-refractivity contribution in [2.45, 2.75) is 13.5 Å². The Hall–Kier alpha value is -4.28. The van der Waals surface area contributed by atoms with Gasteiger partial charge in [0.1, 0.15) is 23.2 Å². The van der Waals surface area contributed by atoms with Crippen LogP contribution >= 0.6 is 24.0 Å². The van der Waals surface area contributed by atoms with Gasteiger partial charge in [-0.3, -0.25) is 23.9 Å². The van der Waals surface area contributed by atoms with Crippen molar-refractivity contribution in [1.29, 1.82) is 0 Å². The zero-order chi connectivity index (χ0) is 26.8. The van der Waals surface area contributed by atoms with E-state index in [4.69, 9.17) is 27.0 Å². The van der Waals surface area contributed by atoms with Crippen molar-refractivity contribution < 1.29 is 19.4 Å². The SMILES string of the molecule is Cc1cccc(-n2c(COc3ccc(/C=C4/SC(=S)N(CC(=O)O)C4=O)cc3)nc3ccccc3c2=O)c1. The van der Waals surface area contributed by atoms with Crippen molar-refractivity contribution in [3.63, 3.8) is 0 Å². The summed E-state index contributed by atoms with van der Waals surface area (Å²) in [5.74, 6) is -0.541. The number of aryl methyl sites for hydroxylation is 1. The molecule has 0 radical (unpaired) electrons. The number of nitrogens with zero attached hydrogens (tertiary/aromatic N) is 3. The maximum absolute atomic E-state index is 13.4. The van der Waals surface area contributed by atoms with Crippen molar-refractivity contribution in [3.05, 3.63) is 105 Å². The van der Waals surface area contributed by atoms with Gasteiger partial charge in [0, 0.05) is 0 Å². The van der Waals surface area contributed by atoms with E-state index in [-0.39, 0.29) is 16.5 Å². The minimum atomic E-state index is -1.13. The van der Waals surface area contributed by atoms with E-state index in [1.165, 1.54) is 0 Å². The molecule has 8 nitrogen and oxygen atoms in total. The molecule has 1 aliphatic heterocycles. The summed E-state index contributed by atoms with van der Waals surface area (Å²) in [5, 5.41) is 9.51. The van der Waals surface area contributed by atoms with Crippen LogP contribution in [0, 0.1) is 6.92 Å². The van der Waals surface area contributed by atoms with Gasteiger partial charge in [0.25, 0.3) is 11.5 Å². The van der Waals surface area contributed by atoms with E-state index in [9.17, 15) is 14.4 Å². The third-order valence-electron chi connectivity index (χ3n) is 5.82. The van der Waals surface area contributed by atoms with Crippen molar-refractivity contribution in [2.24, 2.45) is 0 Å². The molecule has 0 spiro atoms. The Bertz CT molecular complexity index is 1680. The molecule has 1 saturated heterocycles. The summed E-state index contributed by atoms with van der Waals surface area (Å²) < 4.78 is 7.79. The Balaban J connectivity index is 1.39. The molecule has 0 aliphatic carbocycles. The second-order valence-electron chi connectivity index (χ2n) is 8.54. The van der Waals surface area contributed by atoms with Gasteiger partial charge in [0.15, 0.2) is 5.82 Å². The number of thioether (sulfide) groups is 1. The molecule has 1 fully saturated rings. The highest BCUT2D eigenvalue weighted by Gasteiger charge is 2.33. The van der Waals surface area contributed by atoms with Crippen LogP contribution in [-0.4, -0.2) is 42.3 Å². The normalized spacial score (nSPS) is 14.4. The number of aliphatic carboxylic acids is 1. The molecule has 1 aromatic heterocycles. The van der Waals surface area contributed by atoms with Crippen LogP contribution in [0.5, 0.6) is 5.75 Å². The molecule has 4 aromatic rings. The average molecular weight is 544 g/mol. The molecule has 3 aromatic carbocycles. The highest BCUT2D eigenvalue weighted by Crippen LogP contribution is 2.32. The molecule has 2 heterocycles. The fourth-order valence-electron chi connectivity index (χ4n) is 4.04. The standard InChI is InChI=1S/C28H21N3O5S2/c1-17-5-4-6-19(13-17)31-24(29-22-8-3-2-7-21(22)26(31)34)16-36-20-11-9-18(10-12-20)14-23-27(35)30(15-25(32)33)28(37)38-23/h2-14H,15-16H2,1H3,(H,32,33)/b23-14+. The number of carboxylic acid groups (broad SMARTS) is 1. The maximum atomic E-state index is 13.4. The predicted molar refractivity (Wildman–Crippen MR) is 150 cm³/mol.